The lowest BCUT2D eigenvalue weighted by Gasteiger charge is -2.15. The Morgan fingerprint density at radius 1 is 1.37 bits per heavy atom. The van der Waals surface area contributed by atoms with Gasteiger partial charge < -0.3 is 10.4 Å². The van der Waals surface area contributed by atoms with Crippen LogP contribution in [0.2, 0.25) is 0 Å². The molecule has 0 spiro atoms. The third-order valence-corrected chi connectivity index (χ3v) is 5.21. The van der Waals surface area contributed by atoms with Crippen LogP contribution in [0.1, 0.15) is 19.4 Å². The van der Waals surface area contributed by atoms with Gasteiger partial charge in [0.15, 0.2) is 0 Å². The molecule has 3 nitrogen and oxygen atoms in total. The van der Waals surface area contributed by atoms with E-state index in [9.17, 15) is 9.90 Å². The molecule has 1 rings (SSSR count). The molecule has 0 saturated carbocycles. The molecule has 0 aliphatic carbocycles. The van der Waals surface area contributed by atoms with Crippen LogP contribution < -0.4 is 5.32 Å². The monoisotopic (exact) mass is 409 g/mol. The van der Waals surface area contributed by atoms with Gasteiger partial charge in [-0.15, -0.1) is 11.8 Å². The van der Waals surface area contributed by atoms with Crippen molar-refractivity contribution < 1.29 is 9.90 Å². The fourth-order valence-corrected chi connectivity index (χ4v) is 3.72. The van der Waals surface area contributed by atoms with Gasteiger partial charge in [-0.2, -0.15) is 0 Å². The summed E-state index contributed by atoms with van der Waals surface area (Å²) in [6.07, 6.45) is -0.421. The molecule has 1 amide bonds. The zero-order valence-electron chi connectivity index (χ0n) is 11.0. The Labute approximate surface area is 134 Å². The van der Waals surface area contributed by atoms with Crippen LogP contribution in [0.4, 0.5) is 5.69 Å². The fraction of sp³-hybridized carbons (Fsp3) is 0.462. The van der Waals surface area contributed by atoms with Gasteiger partial charge in [-0.1, -0.05) is 6.92 Å². The Morgan fingerprint density at radius 3 is 2.37 bits per heavy atom. The molecule has 0 aromatic heterocycles. The highest BCUT2D eigenvalue weighted by Gasteiger charge is 2.14. The molecule has 0 radical (unpaired) electrons. The molecule has 0 heterocycles. The minimum atomic E-state index is -0.421. The number of carbonyl (C=O) groups excluding carboxylic acids is 1. The summed E-state index contributed by atoms with van der Waals surface area (Å²) in [6, 6.07) is 3.90. The number of benzene rings is 1. The highest BCUT2D eigenvalue weighted by Crippen LogP contribution is 2.32. The highest BCUT2D eigenvalue weighted by molar-refractivity contribution is 9.11. The molecule has 2 N–H and O–H groups in total. The molecule has 0 aliphatic rings. The number of aliphatic hydroxyl groups excluding tert-OH is 1. The molecule has 1 aromatic carbocycles. The van der Waals surface area contributed by atoms with Crippen molar-refractivity contribution in [1.29, 1.82) is 0 Å². The first kappa shape index (κ1) is 17.0. The number of hydrogen-bond donors (Lipinski definition) is 2. The van der Waals surface area contributed by atoms with Crippen LogP contribution in [-0.2, 0) is 4.79 Å². The van der Waals surface area contributed by atoms with Crippen LogP contribution in [0.15, 0.2) is 21.1 Å². The van der Waals surface area contributed by atoms with E-state index in [1.807, 2.05) is 26.0 Å². The first-order valence-corrected chi connectivity index (χ1v) is 8.50. The molecule has 0 fully saturated rings. The Balaban J connectivity index is 2.63. The second-order valence-corrected chi connectivity index (χ2v) is 7.48. The molecule has 6 heteroatoms. The van der Waals surface area contributed by atoms with E-state index in [0.29, 0.717) is 5.75 Å². The number of anilines is 1. The molecule has 2 unspecified atom stereocenters. The largest absolute Gasteiger partial charge is 0.392 e. The third kappa shape index (κ3) is 5.45. The van der Waals surface area contributed by atoms with Crippen molar-refractivity contribution >= 4 is 55.2 Å². The molecule has 2 atom stereocenters. The Hall–Kier alpha value is -0.0400. The number of rotatable bonds is 5. The van der Waals surface area contributed by atoms with Crippen molar-refractivity contribution in [2.45, 2.75) is 32.1 Å². The number of aryl methyl sites for hydroxylation is 1. The first-order chi connectivity index (χ1) is 8.81. The average Bonchev–Trinajstić information content (AvgIpc) is 2.30. The predicted molar refractivity (Wildman–Crippen MR) is 88.8 cm³/mol. The zero-order chi connectivity index (χ0) is 14.6. The van der Waals surface area contributed by atoms with E-state index in [1.54, 1.807) is 6.92 Å². The molecule has 0 aliphatic heterocycles. The maximum Gasteiger partial charge on any atom is 0.234 e. The van der Waals surface area contributed by atoms with E-state index in [0.717, 1.165) is 20.2 Å². The first-order valence-electron chi connectivity index (χ1n) is 5.86. The lowest BCUT2D eigenvalue weighted by molar-refractivity contribution is -0.113. The van der Waals surface area contributed by atoms with Crippen LogP contribution >= 0.6 is 43.6 Å². The van der Waals surface area contributed by atoms with Crippen molar-refractivity contribution in [1.82, 2.24) is 0 Å². The van der Waals surface area contributed by atoms with Gasteiger partial charge in [-0.05, 0) is 63.4 Å². The summed E-state index contributed by atoms with van der Waals surface area (Å²) in [7, 11) is 0. The van der Waals surface area contributed by atoms with Gasteiger partial charge in [0.1, 0.15) is 0 Å². The molecular weight excluding hydrogens is 394 g/mol. The van der Waals surface area contributed by atoms with Crippen LogP contribution in [0.3, 0.4) is 0 Å². The van der Waals surface area contributed by atoms with E-state index in [4.69, 9.17) is 0 Å². The van der Waals surface area contributed by atoms with Gasteiger partial charge in [0.25, 0.3) is 0 Å². The lowest BCUT2D eigenvalue weighted by Crippen LogP contribution is -2.21. The van der Waals surface area contributed by atoms with Gasteiger partial charge in [0, 0.05) is 14.2 Å². The second-order valence-electron chi connectivity index (χ2n) is 4.41. The standard InChI is InChI=1S/C13H17Br2NO2S/c1-7-4-10(14)13(11(15)5-7)16-12(18)6-19-9(3)8(2)17/h4-5,8-9,17H,6H2,1-3H3,(H,16,18). The highest BCUT2D eigenvalue weighted by atomic mass is 79.9. The number of carbonyl (C=O) groups is 1. The summed E-state index contributed by atoms with van der Waals surface area (Å²) in [4.78, 5) is 11.9. The maximum absolute atomic E-state index is 11.9. The second kappa shape index (κ2) is 7.67. The van der Waals surface area contributed by atoms with Crippen molar-refractivity contribution in [2.75, 3.05) is 11.1 Å². The smallest absolute Gasteiger partial charge is 0.234 e. The molecule has 19 heavy (non-hydrogen) atoms. The SMILES string of the molecule is Cc1cc(Br)c(NC(=O)CSC(C)C(C)O)c(Br)c1. The normalized spacial score (nSPS) is 14.0. The Bertz CT molecular complexity index is 443. The van der Waals surface area contributed by atoms with Crippen LogP contribution in [0.25, 0.3) is 0 Å². The van der Waals surface area contributed by atoms with Crippen molar-refractivity contribution in [2.24, 2.45) is 0 Å². The summed E-state index contributed by atoms with van der Waals surface area (Å²) >= 11 is 8.31. The van der Waals surface area contributed by atoms with E-state index in [-0.39, 0.29) is 11.2 Å². The fourth-order valence-electron chi connectivity index (χ4n) is 1.34. The number of halogens is 2. The summed E-state index contributed by atoms with van der Waals surface area (Å²) in [5.41, 5.74) is 1.84. The quantitative estimate of drug-likeness (QED) is 0.772. The number of aliphatic hydroxyl groups is 1. The van der Waals surface area contributed by atoms with Crippen molar-refractivity contribution in [3.8, 4) is 0 Å². The lowest BCUT2D eigenvalue weighted by atomic mass is 10.2. The van der Waals surface area contributed by atoms with Gasteiger partial charge in [-0.25, -0.2) is 0 Å². The zero-order valence-corrected chi connectivity index (χ0v) is 15.0. The predicted octanol–water partition coefficient (Wildman–Crippen LogP) is 3.96. The number of hydrogen-bond acceptors (Lipinski definition) is 3. The number of amides is 1. The molecule has 0 saturated heterocycles. The van der Waals surface area contributed by atoms with E-state index < -0.39 is 6.10 Å². The molecular formula is C13H17Br2NO2S. The van der Waals surface area contributed by atoms with Gasteiger partial charge in [-0.3, -0.25) is 4.79 Å². The van der Waals surface area contributed by atoms with Crippen LogP contribution in [0, 0.1) is 6.92 Å². The van der Waals surface area contributed by atoms with E-state index in [1.165, 1.54) is 11.8 Å². The van der Waals surface area contributed by atoms with Gasteiger partial charge in [0.2, 0.25) is 5.91 Å². The Kier molecular flexibility index (Phi) is 6.86. The van der Waals surface area contributed by atoms with Gasteiger partial charge in [0.05, 0.1) is 17.5 Å². The Morgan fingerprint density at radius 2 is 1.89 bits per heavy atom. The summed E-state index contributed by atoms with van der Waals surface area (Å²) in [6.45, 7) is 5.62. The minimum absolute atomic E-state index is 0.0376. The summed E-state index contributed by atoms with van der Waals surface area (Å²) < 4.78 is 1.70. The maximum atomic E-state index is 11.9. The molecule has 106 valence electrons. The number of nitrogens with one attached hydrogen (secondary N) is 1. The summed E-state index contributed by atoms with van der Waals surface area (Å²) in [5, 5.41) is 12.3. The van der Waals surface area contributed by atoms with Crippen LogP contribution in [-0.4, -0.2) is 28.1 Å². The van der Waals surface area contributed by atoms with E-state index in [2.05, 4.69) is 37.2 Å². The minimum Gasteiger partial charge on any atom is -0.392 e. The summed E-state index contributed by atoms with van der Waals surface area (Å²) in [5.74, 6) is 0.237. The van der Waals surface area contributed by atoms with Crippen molar-refractivity contribution in [3.63, 3.8) is 0 Å². The molecule has 1 aromatic rings. The third-order valence-electron chi connectivity index (χ3n) is 2.61. The van der Waals surface area contributed by atoms with Crippen molar-refractivity contribution in [3.05, 3.63) is 26.6 Å². The topological polar surface area (TPSA) is 49.3 Å². The average molecular weight is 411 g/mol. The van der Waals surface area contributed by atoms with E-state index >= 15 is 0 Å². The van der Waals surface area contributed by atoms with Crippen LogP contribution in [0.5, 0.6) is 0 Å². The van der Waals surface area contributed by atoms with Gasteiger partial charge >= 0.3 is 0 Å². The number of thioether (sulfide) groups is 1. The molecule has 0 bridgehead atoms.